The van der Waals surface area contributed by atoms with Crippen molar-refractivity contribution < 1.29 is 0 Å². The van der Waals surface area contributed by atoms with Gasteiger partial charge in [-0.1, -0.05) is 6.08 Å². The first-order chi connectivity index (χ1) is 15.1. The second-order valence-electron chi connectivity index (χ2n) is 8.44. The molecule has 2 atom stereocenters. The van der Waals surface area contributed by atoms with Crippen molar-refractivity contribution in [2.45, 2.75) is 31.8 Å². The monoisotopic (exact) mass is 411 g/mol. The first-order valence-electron chi connectivity index (χ1n) is 10.8. The molecule has 3 heterocycles. The van der Waals surface area contributed by atoms with Gasteiger partial charge in [0.25, 0.3) is 5.56 Å². The Bertz CT molecular complexity index is 1240. The molecular weight excluding hydrogens is 386 g/mol. The van der Waals surface area contributed by atoms with Crippen molar-refractivity contribution in [2.75, 3.05) is 24.5 Å². The number of hydrogen-bond acceptors (Lipinski definition) is 5. The Morgan fingerprint density at radius 1 is 1.19 bits per heavy atom. The number of benzene rings is 1. The molecular formula is C25H25N5O. The highest BCUT2D eigenvalue weighted by molar-refractivity contribution is 5.81. The van der Waals surface area contributed by atoms with Crippen LogP contribution >= 0.6 is 0 Å². The summed E-state index contributed by atoms with van der Waals surface area (Å²) in [5.41, 5.74) is 4.64. The molecule has 6 heteroatoms. The van der Waals surface area contributed by atoms with Gasteiger partial charge in [-0.2, -0.15) is 5.26 Å². The van der Waals surface area contributed by atoms with Gasteiger partial charge in [-0.15, -0.1) is 0 Å². The van der Waals surface area contributed by atoms with Crippen LogP contribution in [0.1, 0.15) is 31.0 Å². The van der Waals surface area contributed by atoms with Gasteiger partial charge in [-0.05, 0) is 67.8 Å². The van der Waals surface area contributed by atoms with Crippen LogP contribution in [-0.4, -0.2) is 46.6 Å². The van der Waals surface area contributed by atoms with Crippen LogP contribution in [0.3, 0.4) is 0 Å². The fraction of sp³-hybridized carbons (Fsp3) is 0.320. The van der Waals surface area contributed by atoms with E-state index in [9.17, 15) is 4.79 Å². The summed E-state index contributed by atoms with van der Waals surface area (Å²) < 4.78 is 0. The van der Waals surface area contributed by atoms with E-state index in [1.165, 1.54) is 11.3 Å². The minimum Gasteiger partial charge on any atom is -0.369 e. The maximum absolute atomic E-state index is 12.4. The SMILES string of the molecule is C[C@@H]1CN(c2ccc(C#N)cc2)CCN1[C@H]1C=C(c2cc3ncccc3c(=O)[nH]2)CC1. The van der Waals surface area contributed by atoms with Crippen LogP contribution in [0.15, 0.2) is 59.5 Å². The van der Waals surface area contributed by atoms with Gasteiger partial charge in [-0.25, -0.2) is 0 Å². The predicted octanol–water partition coefficient (Wildman–Crippen LogP) is 3.55. The third-order valence-corrected chi connectivity index (χ3v) is 6.53. The highest BCUT2D eigenvalue weighted by Gasteiger charge is 2.31. The smallest absolute Gasteiger partial charge is 0.257 e. The largest absolute Gasteiger partial charge is 0.369 e. The molecule has 2 aromatic heterocycles. The van der Waals surface area contributed by atoms with Crippen molar-refractivity contribution in [3.63, 3.8) is 0 Å². The van der Waals surface area contributed by atoms with Gasteiger partial charge in [-0.3, -0.25) is 14.7 Å². The molecule has 1 aliphatic carbocycles. The molecule has 0 bridgehead atoms. The van der Waals surface area contributed by atoms with Crippen LogP contribution < -0.4 is 10.5 Å². The molecule has 156 valence electrons. The topological polar surface area (TPSA) is 76.0 Å². The Labute approximate surface area is 181 Å². The van der Waals surface area contributed by atoms with Gasteiger partial charge in [0, 0.05) is 49.3 Å². The first kappa shape index (κ1) is 19.5. The van der Waals surface area contributed by atoms with Crippen LogP contribution in [0.5, 0.6) is 0 Å². The highest BCUT2D eigenvalue weighted by atomic mass is 16.1. The number of rotatable bonds is 3. The van der Waals surface area contributed by atoms with E-state index in [0.29, 0.717) is 23.0 Å². The molecule has 1 saturated heterocycles. The van der Waals surface area contributed by atoms with Crippen molar-refractivity contribution in [2.24, 2.45) is 0 Å². The molecule has 0 unspecified atom stereocenters. The summed E-state index contributed by atoms with van der Waals surface area (Å²) in [6.07, 6.45) is 6.08. The third-order valence-electron chi connectivity index (χ3n) is 6.53. The van der Waals surface area contributed by atoms with Gasteiger partial charge in [0.1, 0.15) is 0 Å². The molecule has 1 aliphatic heterocycles. The number of aromatic nitrogens is 2. The second kappa shape index (κ2) is 8.01. The van der Waals surface area contributed by atoms with E-state index in [0.717, 1.165) is 43.7 Å². The highest BCUT2D eigenvalue weighted by Crippen LogP contribution is 2.32. The Morgan fingerprint density at radius 2 is 2.03 bits per heavy atom. The van der Waals surface area contributed by atoms with E-state index < -0.39 is 0 Å². The van der Waals surface area contributed by atoms with Gasteiger partial charge in [0.15, 0.2) is 0 Å². The minimum atomic E-state index is -0.0747. The molecule has 2 aliphatic rings. The fourth-order valence-electron chi connectivity index (χ4n) is 4.89. The molecule has 6 nitrogen and oxygen atoms in total. The molecule has 1 aromatic carbocycles. The molecule has 31 heavy (non-hydrogen) atoms. The number of nitrogens with one attached hydrogen (secondary N) is 1. The lowest BCUT2D eigenvalue weighted by Crippen LogP contribution is -2.54. The number of H-pyrrole nitrogens is 1. The molecule has 0 spiro atoms. The molecule has 1 fully saturated rings. The van der Waals surface area contributed by atoms with Crippen LogP contribution in [0.4, 0.5) is 5.69 Å². The number of anilines is 1. The molecule has 5 rings (SSSR count). The maximum Gasteiger partial charge on any atom is 0.257 e. The van der Waals surface area contributed by atoms with E-state index in [4.69, 9.17) is 5.26 Å². The van der Waals surface area contributed by atoms with Gasteiger partial charge < -0.3 is 9.88 Å². The summed E-state index contributed by atoms with van der Waals surface area (Å²) in [4.78, 5) is 24.8. The number of piperazine rings is 1. The van der Waals surface area contributed by atoms with Crippen molar-refractivity contribution in [3.8, 4) is 6.07 Å². The van der Waals surface area contributed by atoms with E-state index in [1.54, 1.807) is 12.3 Å². The normalized spacial score (nSPS) is 21.8. The fourth-order valence-corrected chi connectivity index (χ4v) is 4.89. The molecule has 1 N–H and O–H groups in total. The summed E-state index contributed by atoms with van der Waals surface area (Å²) >= 11 is 0. The first-order valence-corrected chi connectivity index (χ1v) is 10.8. The number of hydrogen-bond donors (Lipinski definition) is 1. The summed E-state index contributed by atoms with van der Waals surface area (Å²) in [6.45, 7) is 5.20. The number of fused-ring (bicyclic) bond motifs is 1. The van der Waals surface area contributed by atoms with Crippen molar-refractivity contribution in [1.82, 2.24) is 14.9 Å². The number of aromatic amines is 1. The Hall–Kier alpha value is -3.43. The van der Waals surface area contributed by atoms with Crippen molar-refractivity contribution >= 4 is 22.2 Å². The zero-order valence-corrected chi connectivity index (χ0v) is 17.6. The number of nitriles is 1. The van der Waals surface area contributed by atoms with E-state index >= 15 is 0 Å². The summed E-state index contributed by atoms with van der Waals surface area (Å²) in [6, 6.07) is 16.4. The van der Waals surface area contributed by atoms with Crippen molar-refractivity contribution in [3.05, 3.63) is 76.3 Å². The lowest BCUT2D eigenvalue weighted by atomic mass is 10.1. The number of nitrogens with zero attached hydrogens (tertiary/aromatic N) is 4. The quantitative estimate of drug-likeness (QED) is 0.713. The second-order valence-corrected chi connectivity index (χ2v) is 8.44. The average Bonchev–Trinajstić information content (AvgIpc) is 3.29. The van der Waals surface area contributed by atoms with Gasteiger partial charge in [0.05, 0.1) is 22.5 Å². The summed E-state index contributed by atoms with van der Waals surface area (Å²) in [5, 5.41) is 9.64. The van der Waals surface area contributed by atoms with Crippen LogP contribution in [0.2, 0.25) is 0 Å². The maximum atomic E-state index is 12.4. The number of pyridine rings is 2. The Kier molecular flexibility index (Phi) is 5.05. The van der Waals surface area contributed by atoms with Crippen LogP contribution in [-0.2, 0) is 0 Å². The Morgan fingerprint density at radius 3 is 2.81 bits per heavy atom. The average molecular weight is 412 g/mol. The summed E-state index contributed by atoms with van der Waals surface area (Å²) in [7, 11) is 0. The Balaban J connectivity index is 1.32. The zero-order chi connectivity index (χ0) is 21.4. The predicted molar refractivity (Wildman–Crippen MR) is 123 cm³/mol. The molecule has 0 radical (unpaired) electrons. The lowest BCUT2D eigenvalue weighted by Gasteiger charge is -2.43. The van der Waals surface area contributed by atoms with Crippen LogP contribution in [0, 0.1) is 11.3 Å². The standard InChI is InChI=1S/C25H25N5O/c1-17-16-29(20-7-4-18(15-26)5-8-20)11-12-30(17)21-9-6-19(13-21)23-14-24-22(25(31)28-23)3-2-10-27-24/h2-5,7-8,10,13-14,17,21H,6,9,11-12,16H2,1H3,(H,28,31)/t17-,21-/m1/s1. The third kappa shape index (κ3) is 3.73. The van der Waals surface area contributed by atoms with Crippen LogP contribution in [0.25, 0.3) is 16.5 Å². The zero-order valence-electron chi connectivity index (χ0n) is 17.6. The summed E-state index contributed by atoms with van der Waals surface area (Å²) in [5.74, 6) is 0. The number of allylic oxidation sites excluding steroid dienone is 1. The van der Waals surface area contributed by atoms with Crippen molar-refractivity contribution in [1.29, 1.82) is 5.26 Å². The van der Waals surface area contributed by atoms with E-state index in [1.807, 2.05) is 36.4 Å². The van der Waals surface area contributed by atoms with E-state index in [2.05, 4.69) is 38.8 Å². The minimum absolute atomic E-state index is 0.0747. The lowest BCUT2D eigenvalue weighted by molar-refractivity contribution is 0.153. The van der Waals surface area contributed by atoms with E-state index in [-0.39, 0.29) is 5.56 Å². The van der Waals surface area contributed by atoms with Gasteiger partial charge >= 0.3 is 0 Å². The molecule has 0 amide bonds. The molecule has 0 saturated carbocycles. The van der Waals surface area contributed by atoms with Gasteiger partial charge in [0.2, 0.25) is 0 Å². The molecule has 3 aromatic rings.